The van der Waals surface area contributed by atoms with Gasteiger partial charge in [0.25, 0.3) is 0 Å². The van der Waals surface area contributed by atoms with E-state index in [2.05, 4.69) is 46.7 Å². The maximum Gasteiger partial charge on any atom is 0.157 e. The molecule has 2 unspecified atom stereocenters. The van der Waals surface area contributed by atoms with E-state index in [0.29, 0.717) is 6.73 Å². The van der Waals surface area contributed by atoms with Gasteiger partial charge in [-0.2, -0.15) is 5.10 Å². The Morgan fingerprint density at radius 3 is 2.72 bits per heavy atom. The van der Waals surface area contributed by atoms with E-state index < -0.39 is 8.07 Å². The topological polar surface area (TPSA) is 77.9 Å². The summed E-state index contributed by atoms with van der Waals surface area (Å²) >= 11 is 0. The van der Waals surface area contributed by atoms with E-state index >= 15 is 0 Å². The van der Waals surface area contributed by atoms with Gasteiger partial charge >= 0.3 is 0 Å². The molecule has 25 heavy (non-hydrogen) atoms. The quantitative estimate of drug-likeness (QED) is 0.516. The minimum Gasteiger partial charge on any atom is -0.353 e. The highest BCUT2D eigenvalue weighted by Crippen LogP contribution is 2.25. The van der Waals surface area contributed by atoms with Crippen molar-refractivity contribution >= 4 is 19.1 Å². The molecule has 0 radical (unpaired) electrons. The zero-order valence-electron chi connectivity index (χ0n) is 15.4. The molecule has 2 atom stereocenters. The Labute approximate surface area is 148 Å². The Morgan fingerprint density at radius 2 is 2.04 bits per heavy atom. The lowest BCUT2D eigenvalue weighted by Gasteiger charge is -2.28. The predicted molar refractivity (Wildman–Crippen MR) is 99.5 cm³/mol. The van der Waals surface area contributed by atoms with Crippen molar-refractivity contribution in [3.05, 3.63) is 31.0 Å². The van der Waals surface area contributed by atoms with E-state index in [1.165, 1.54) is 0 Å². The first-order valence-electron chi connectivity index (χ1n) is 8.42. The van der Waals surface area contributed by atoms with Crippen LogP contribution >= 0.6 is 0 Å². The molecule has 0 aliphatic heterocycles. The van der Waals surface area contributed by atoms with Gasteiger partial charge in [-0.1, -0.05) is 19.6 Å². The summed E-state index contributed by atoms with van der Waals surface area (Å²) in [6.45, 7) is 11.3. The highest BCUT2D eigenvalue weighted by molar-refractivity contribution is 6.77. The second-order valence-corrected chi connectivity index (χ2v) is 12.8. The average molecular weight is 360 g/mol. The third kappa shape index (κ3) is 3.97. The number of rotatable bonds is 7. The summed E-state index contributed by atoms with van der Waals surface area (Å²) in [4.78, 5) is 8.78. The molecule has 0 spiro atoms. The maximum atomic E-state index is 5.99. The lowest BCUT2D eigenvalue weighted by Crippen LogP contribution is -2.40. The van der Waals surface area contributed by atoms with Crippen LogP contribution in [0, 0.1) is 0 Å². The Morgan fingerprint density at radius 1 is 1.24 bits per heavy atom. The van der Waals surface area contributed by atoms with E-state index in [1.54, 1.807) is 12.5 Å². The van der Waals surface area contributed by atoms with Crippen molar-refractivity contribution in [2.45, 2.75) is 52.2 Å². The molecule has 3 aromatic heterocycles. The Balaban J connectivity index is 1.72. The lowest BCUT2D eigenvalue weighted by atomic mass is 10.2. The molecule has 0 amide bonds. The molecule has 0 bridgehead atoms. The van der Waals surface area contributed by atoms with Gasteiger partial charge in [0.2, 0.25) is 0 Å². The zero-order valence-corrected chi connectivity index (χ0v) is 16.4. The number of nitrogens with zero attached hydrogens (tertiary/aromatic N) is 4. The minimum absolute atomic E-state index is 0.235. The van der Waals surface area contributed by atoms with E-state index in [1.807, 2.05) is 30.0 Å². The SMILES string of the molecule is CC(OCn1ccc2c(-c3cn[nH]c3)ncnc21)OC(C)[Si](C)(C)C. The average Bonchev–Trinajstić information content (AvgIpc) is 3.21. The van der Waals surface area contributed by atoms with Gasteiger partial charge in [-0.3, -0.25) is 5.10 Å². The third-order valence-electron chi connectivity index (χ3n) is 4.39. The number of aromatic nitrogens is 5. The number of fused-ring (bicyclic) bond motifs is 1. The van der Waals surface area contributed by atoms with Crippen molar-refractivity contribution in [1.29, 1.82) is 0 Å². The van der Waals surface area contributed by atoms with Crippen LogP contribution in [0.4, 0.5) is 0 Å². The number of hydrogen-bond donors (Lipinski definition) is 1. The Hall–Kier alpha value is -2.03. The molecule has 0 fully saturated rings. The molecule has 3 aromatic rings. The van der Waals surface area contributed by atoms with E-state index in [9.17, 15) is 0 Å². The summed E-state index contributed by atoms with van der Waals surface area (Å²) in [6.07, 6.45) is 6.83. The first kappa shape index (κ1) is 17.8. The molecule has 3 heterocycles. The second-order valence-electron chi connectivity index (χ2n) is 7.24. The number of nitrogens with one attached hydrogen (secondary N) is 1. The minimum atomic E-state index is -1.34. The van der Waals surface area contributed by atoms with E-state index in [0.717, 1.165) is 22.3 Å². The third-order valence-corrected chi connectivity index (χ3v) is 6.97. The highest BCUT2D eigenvalue weighted by Gasteiger charge is 2.25. The second kappa shape index (κ2) is 7.07. The van der Waals surface area contributed by atoms with Gasteiger partial charge in [0, 0.05) is 29.1 Å². The first-order valence-corrected chi connectivity index (χ1v) is 12.0. The highest BCUT2D eigenvalue weighted by atomic mass is 28.3. The normalized spacial score (nSPS) is 14.8. The van der Waals surface area contributed by atoms with Crippen molar-refractivity contribution in [1.82, 2.24) is 24.7 Å². The fourth-order valence-electron chi connectivity index (χ4n) is 2.43. The molecule has 0 saturated carbocycles. The Bertz CT molecular complexity index is 825. The van der Waals surface area contributed by atoms with Gasteiger partial charge in [-0.25, -0.2) is 9.97 Å². The van der Waals surface area contributed by atoms with Gasteiger partial charge in [-0.05, 0) is 19.9 Å². The number of hydrogen-bond acceptors (Lipinski definition) is 5. The van der Waals surface area contributed by atoms with Crippen LogP contribution in [0.25, 0.3) is 22.3 Å². The van der Waals surface area contributed by atoms with E-state index in [4.69, 9.17) is 9.47 Å². The molecule has 0 aromatic carbocycles. The molecule has 3 rings (SSSR count). The van der Waals surface area contributed by atoms with Crippen LogP contribution in [0.1, 0.15) is 13.8 Å². The van der Waals surface area contributed by atoms with Crippen molar-refractivity contribution in [2.75, 3.05) is 0 Å². The molecule has 1 N–H and O–H groups in total. The summed E-state index contributed by atoms with van der Waals surface area (Å²) < 4.78 is 13.8. The van der Waals surface area contributed by atoms with Crippen LogP contribution in [-0.2, 0) is 16.2 Å². The van der Waals surface area contributed by atoms with Crippen LogP contribution in [-0.4, -0.2) is 44.8 Å². The first-order chi connectivity index (χ1) is 11.9. The standard InChI is InChI=1S/C17H25N5O2Si/c1-12(24-13(2)25(3,4)5)23-11-22-7-6-15-16(14-8-20-21-9-14)18-10-19-17(15)22/h6-10,12-13H,11H2,1-5H3,(H,20,21). The maximum absolute atomic E-state index is 5.99. The molecule has 0 saturated heterocycles. The molecule has 0 aliphatic carbocycles. The summed E-state index contributed by atoms with van der Waals surface area (Å²) in [7, 11) is -1.34. The fraction of sp³-hybridized carbons (Fsp3) is 0.471. The number of ether oxygens (including phenoxy) is 2. The van der Waals surface area contributed by atoms with Crippen LogP contribution in [0.15, 0.2) is 31.0 Å². The summed E-state index contributed by atoms with van der Waals surface area (Å²) in [6, 6.07) is 2.00. The molecule has 0 aliphatic rings. The van der Waals surface area contributed by atoms with Gasteiger partial charge in [-0.15, -0.1) is 0 Å². The zero-order chi connectivity index (χ0) is 18.0. The van der Waals surface area contributed by atoms with Crippen LogP contribution in [0.3, 0.4) is 0 Å². The van der Waals surface area contributed by atoms with Crippen LogP contribution in [0.2, 0.25) is 19.6 Å². The van der Waals surface area contributed by atoms with E-state index in [-0.39, 0.29) is 12.0 Å². The van der Waals surface area contributed by atoms with Crippen molar-refractivity contribution in [3.8, 4) is 11.3 Å². The van der Waals surface area contributed by atoms with Gasteiger partial charge in [0.05, 0.1) is 20.0 Å². The van der Waals surface area contributed by atoms with Crippen LogP contribution in [0.5, 0.6) is 0 Å². The molecule has 7 nitrogen and oxygen atoms in total. The van der Waals surface area contributed by atoms with Gasteiger partial charge in [0.1, 0.15) is 18.7 Å². The predicted octanol–water partition coefficient (Wildman–Crippen LogP) is 3.42. The Kier molecular flexibility index (Phi) is 5.03. The summed E-state index contributed by atoms with van der Waals surface area (Å²) in [5, 5.41) is 7.77. The molecular weight excluding hydrogens is 334 g/mol. The van der Waals surface area contributed by atoms with Crippen molar-refractivity contribution in [2.24, 2.45) is 0 Å². The summed E-state index contributed by atoms with van der Waals surface area (Å²) in [5.74, 6) is 0. The molecular formula is C17H25N5O2Si. The largest absolute Gasteiger partial charge is 0.353 e. The van der Waals surface area contributed by atoms with Crippen molar-refractivity contribution < 1.29 is 9.47 Å². The van der Waals surface area contributed by atoms with Gasteiger partial charge < -0.3 is 14.0 Å². The van der Waals surface area contributed by atoms with Crippen LogP contribution < -0.4 is 0 Å². The summed E-state index contributed by atoms with van der Waals surface area (Å²) in [5.41, 5.74) is 2.86. The monoisotopic (exact) mass is 359 g/mol. The number of aromatic amines is 1. The fourth-order valence-corrected chi connectivity index (χ4v) is 3.03. The molecule has 134 valence electrons. The van der Waals surface area contributed by atoms with Crippen molar-refractivity contribution in [3.63, 3.8) is 0 Å². The van der Waals surface area contributed by atoms with Gasteiger partial charge in [0.15, 0.2) is 6.29 Å². The number of H-pyrrole nitrogens is 1. The lowest BCUT2D eigenvalue weighted by molar-refractivity contribution is -0.159. The smallest absolute Gasteiger partial charge is 0.157 e. The molecule has 8 heteroatoms.